The maximum Gasteiger partial charge on any atom is 0.417 e. The Labute approximate surface area is 269 Å². The van der Waals surface area contributed by atoms with E-state index < -0.39 is 11.7 Å². The highest BCUT2D eigenvalue weighted by Crippen LogP contribution is 2.47. The van der Waals surface area contributed by atoms with Crippen LogP contribution in [0.4, 0.5) is 13.2 Å². The van der Waals surface area contributed by atoms with Gasteiger partial charge in [0.2, 0.25) is 0 Å². The molecule has 6 heteroatoms. The summed E-state index contributed by atoms with van der Waals surface area (Å²) in [6, 6.07) is 38.3. The van der Waals surface area contributed by atoms with Crippen LogP contribution in [0.2, 0.25) is 0 Å². The smallest absolute Gasteiger partial charge is 0.308 e. The molecule has 0 saturated heterocycles. The van der Waals surface area contributed by atoms with Gasteiger partial charge in [0.1, 0.15) is 0 Å². The summed E-state index contributed by atoms with van der Waals surface area (Å²) in [5, 5.41) is 14.4. The molecule has 8 aromatic rings. The number of aryl methyl sites for hydroxylation is 3. The van der Waals surface area contributed by atoms with E-state index in [1.54, 1.807) is 25.1 Å². The SMILES string of the molecule is Cc1ccc2c3ccccc3n(-c3cc(C#N)cc(-n4c5ccccc5c5ccc(C)cc54)c3-c3c(C)cccc3C(F)(F)F)c2c1. The molecule has 0 aliphatic carbocycles. The number of fused-ring (bicyclic) bond motifs is 6. The van der Waals surface area contributed by atoms with Crippen molar-refractivity contribution in [2.24, 2.45) is 0 Å². The molecule has 6 aromatic carbocycles. The van der Waals surface area contributed by atoms with Gasteiger partial charge in [-0.3, -0.25) is 0 Å². The molecule has 0 N–H and O–H groups in total. The molecular formula is C41H28F3N3. The van der Waals surface area contributed by atoms with Gasteiger partial charge in [0, 0.05) is 32.7 Å². The molecule has 0 fully saturated rings. The Morgan fingerprint density at radius 1 is 0.532 bits per heavy atom. The van der Waals surface area contributed by atoms with Crippen molar-refractivity contribution in [3.8, 4) is 28.6 Å². The molecule has 8 rings (SSSR count). The Kier molecular flexibility index (Phi) is 6.32. The Morgan fingerprint density at radius 2 is 1.02 bits per heavy atom. The lowest BCUT2D eigenvalue weighted by Gasteiger charge is -2.24. The molecular weight excluding hydrogens is 591 g/mol. The first-order valence-corrected chi connectivity index (χ1v) is 15.4. The highest BCUT2D eigenvalue weighted by atomic mass is 19.4. The Balaban J connectivity index is 1.66. The topological polar surface area (TPSA) is 33.6 Å². The fraction of sp³-hybridized carbons (Fsp3) is 0.0976. The first kappa shape index (κ1) is 28.7. The molecule has 0 saturated carbocycles. The lowest BCUT2D eigenvalue weighted by molar-refractivity contribution is -0.137. The molecule has 47 heavy (non-hydrogen) atoms. The van der Waals surface area contributed by atoms with Gasteiger partial charge < -0.3 is 9.13 Å². The third-order valence-electron chi connectivity index (χ3n) is 9.19. The number of nitrogens with zero attached hydrogens (tertiary/aromatic N) is 3. The summed E-state index contributed by atoms with van der Waals surface area (Å²) in [7, 11) is 0. The molecule has 0 atom stereocenters. The second-order valence-electron chi connectivity index (χ2n) is 12.2. The monoisotopic (exact) mass is 619 g/mol. The number of benzene rings is 6. The highest BCUT2D eigenvalue weighted by molar-refractivity contribution is 6.12. The largest absolute Gasteiger partial charge is 0.417 e. The summed E-state index contributed by atoms with van der Waals surface area (Å²) < 4.78 is 49.2. The number of rotatable bonds is 3. The van der Waals surface area contributed by atoms with Gasteiger partial charge in [0.15, 0.2) is 0 Å². The summed E-state index contributed by atoms with van der Waals surface area (Å²) in [4.78, 5) is 0. The third-order valence-corrected chi connectivity index (χ3v) is 9.19. The van der Waals surface area contributed by atoms with Crippen LogP contribution >= 0.6 is 0 Å². The van der Waals surface area contributed by atoms with E-state index in [4.69, 9.17) is 0 Å². The zero-order valence-electron chi connectivity index (χ0n) is 25.9. The summed E-state index contributed by atoms with van der Waals surface area (Å²) in [6.07, 6.45) is -4.63. The quantitative estimate of drug-likeness (QED) is 0.194. The van der Waals surface area contributed by atoms with E-state index in [2.05, 4.69) is 30.3 Å². The molecule has 0 aliphatic heterocycles. The van der Waals surface area contributed by atoms with Crippen LogP contribution in [-0.4, -0.2) is 9.13 Å². The minimum absolute atomic E-state index is 0.0895. The van der Waals surface area contributed by atoms with Gasteiger partial charge in [-0.2, -0.15) is 18.4 Å². The summed E-state index contributed by atoms with van der Waals surface area (Å²) in [5.41, 5.74) is 7.05. The molecule has 0 unspecified atom stereocenters. The zero-order chi connectivity index (χ0) is 32.6. The van der Waals surface area contributed by atoms with Crippen molar-refractivity contribution in [3.05, 3.63) is 143 Å². The van der Waals surface area contributed by atoms with E-state index in [-0.39, 0.29) is 5.56 Å². The van der Waals surface area contributed by atoms with Gasteiger partial charge in [-0.1, -0.05) is 72.8 Å². The summed E-state index contributed by atoms with van der Waals surface area (Å²) in [5.74, 6) is 0. The number of hydrogen-bond donors (Lipinski definition) is 0. The van der Waals surface area contributed by atoms with E-state index in [0.717, 1.165) is 60.8 Å². The first-order chi connectivity index (χ1) is 22.7. The van der Waals surface area contributed by atoms with Gasteiger partial charge in [-0.05, 0) is 79.9 Å². The lowest BCUT2D eigenvalue weighted by atomic mass is 9.90. The summed E-state index contributed by atoms with van der Waals surface area (Å²) in [6.45, 7) is 5.73. The average Bonchev–Trinajstić information content (AvgIpc) is 3.55. The maximum atomic E-state index is 15.1. The average molecular weight is 620 g/mol. The summed E-state index contributed by atoms with van der Waals surface area (Å²) >= 11 is 0. The van der Waals surface area contributed by atoms with E-state index >= 15 is 13.2 Å². The number of para-hydroxylation sites is 2. The molecule has 0 aliphatic rings. The van der Waals surface area contributed by atoms with Crippen LogP contribution in [0.3, 0.4) is 0 Å². The Bertz CT molecular complexity index is 2470. The van der Waals surface area contributed by atoms with Crippen molar-refractivity contribution < 1.29 is 13.2 Å². The minimum atomic E-state index is -4.63. The van der Waals surface area contributed by atoms with Crippen LogP contribution in [0, 0.1) is 32.1 Å². The fourth-order valence-corrected chi connectivity index (χ4v) is 7.20. The highest BCUT2D eigenvalue weighted by Gasteiger charge is 2.36. The van der Waals surface area contributed by atoms with Gasteiger partial charge in [0.05, 0.1) is 50.6 Å². The molecule has 0 spiro atoms. The Hall–Kier alpha value is -5.80. The molecule has 0 bridgehead atoms. The fourth-order valence-electron chi connectivity index (χ4n) is 7.20. The first-order valence-electron chi connectivity index (χ1n) is 15.4. The van der Waals surface area contributed by atoms with E-state index in [9.17, 15) is 5.26 Å². The van der Waals surface area contributed by atoms with Crippen molar-refractivity contribution in [1.29, 1.82) is 5.26 Å². The van der Waals surface area contributed by atoms with Gasteiger partial charge >= 0.3 is 6.18 Å². The normalized spacial score (nSPS) is 12.0. The molecule has 2 aromatic heterocycles. The predicted molar refractivity (Wildman–Crippen MR) is 184 cm³/mol. The van der Waals surface area contributed by atoms with Crippen LogP contribution in [0.5, 0.6) is 0 Å². The molecule has 228 valence electrons. The second kappa shape index (κ2) is 10.4. The van der Waals surface area contributed by atoms with Crippen LogP contribution < -0.4 is 0 Å². The van der Waals surface area contributed by atoms with Crippen molar-refractivity contribution >= 4 is 43.6 Å². The number of aromatic nitrogens is 2. The van der Waals surface area contributed by atoms with Crippen LogP contribution in [-0.2, 0) is 6.18 Å². The molecule has 0 amide bonds. The van der Waals surface area contributed by atoms with Crippen molar-refractivity contribution in [1.82, 2.24) is 9.13 Å². The van der Waals surface area contributed by atoms with E-state index in [0.29, 0.717) is 28.1 Å². The predicted octanol–water partition coefficient (Wildman–Crippen LogP) is 11.4. The molecule has 3 nitrogen and oxygen atoms in total. The van der Waals surface area contributed by atoms with Crippen LogP contribution in [0.25, 0.3) is 66.1 Å². The standard InChI is InChI=1S/C41H28F3N3/c1-24-15-17-30-28-10-4-6-13-33(28)46(35(30)19-24)37-21-27(23-45)22-38(40(37)39-26(3)9-8-12-32(39)41(42,43)44)47-34-14-7-5-11-29(34)31-18-16-25(2)20-36(31)47/h4-22H,1-3H3. The van der Waals surface area contributed by atoms with Crippen molar-refractivity contribution in [2.45, 2.75) is 26.9 Å². The van der Waals surface area contributed by atoms with E-state index in [1.165, 1.54) is 6.07 Å². The number of nitriles is 1. The van der Waals surface area contributed by atoms with E-state index in [1.807, 2.05) is 83.6 Å². The third kappa shape index (κ3) is 4.34. The minimum Gasteiger partial charge on any atom is -0.308 e. The lowest BCUT2D eigenvalue weighted by Crippen LogP contribution is -2.12. The van der Waals surface area contributed by atoms with Gasteiger partial charge in [0.25, 0.3) is 0 Å². The number of alkyl halides is 3. The Morgan fingerprint density at radius 3 is 1.51 bits per heavy atom. The number of hydrogen-bond acceptors (Lipinski definition) is 1. The van der Waals surface area contributed by atoms with Crippen molar-refractivity contribution in [2.75, 3.05) is 0 Å². The van der Waals surface area contributed by atoms with Gasteiger partial charge in [-0.15, -0.1) is 0 Å². The maximum absolute atomic E-state index is 15.1. The van der Waals surface area contributed by atoms with Crippen LogP contribution in [0.1, 0.15) is 27.8 Å². The van der Waals surface area contributed by atoms with Gasteiger partial charge in [-0.25, -0.2) is 0 Å². The van der Waals surface area contributed by atoms with Crippen LogP contribution in [0.15, 0.2) is 115 Å². The zero-order valence-corrected chi connectivity index (χ0v) is 25.9. The second-order valence-corrected chi connectivity index (χ2v) is 12.2. The molecule has 2 heterocycles. The van der Waals surface area contributed by atoms with Crippen molar-refractivity contribution in [3.63, 3.8) is 0 Å². The molecule has 0 radical (unpaired) electrons. The number of halogens is 3.